The summed E-state index contributed by atoms with van der Waals surface area (Å²) in [6.07, 6.45) is 0. The first-order chi connectivity index (χ1) is 7.00. The third kappa shape index (κ3) is 3.72. The van der Waals surface area contributed by atoms with Crippen LogP contribution in [0.15, 0.2) is 22.7 Å². The van der Waals surface area contributed by atoms with E-state index in [1.54, 1.807) is 32.3 Å². The van der Waals surface area contributed by atoms with Crippen molar-refractivity contribution in [1.29, 1.82) is 0 Å². The Balaban J connectivity index is 2.62. The van der Waals surface area contributed by atoms with Gasteiger partial charge in [-0.15, -0.1) is 0 Å². The second-order valence-corrected chi connectivity index (χ2v) is 4.47. The van der Waals surface area contributed by atoms with Gasteiger partial charge >= 0.3 is 0 Å². The quantitative estimate of drug-likeness (QED) is 0.857. The molecular formula is C10H11BrClNO2. The molecule has 15 heavy (non-hydrogen) atoms. The number of hydrogen-bond donors (Lipinski definition) is 0. The highest BCUT2D eigenvalue weighted by Gasteiger charge is 2.07. The minimum absolute atomic E-state index is 0.00560. The third-order valence-electron chi connectivity index (χ3n) is 1.74. The highest BCUT2D eigenvalue weighted by atomic mass is 79.9. The van der Waals surface area contributed by atoms with Crippen LogP contribution in [-0.4, -0.2) is 31.5 Å². The van der Waals surface area contributed by atoms with Crippen molar-refractivity contribution in [2.24, 2.45) is 0 Å². The van der Waals surface area contributed by atoms with E-state index in [4.69, 9.17) is 16.3 Å². The number of rotatable bonds is 3. The van der Waals surface area contributed by atoms with Crippen molar-refractivity contribution in [3.63, 3.8) is 0 Å². The molecule has 0 saturated carbocycles. The van der Waals surface area contributed by atoms with Gasteiger partial charge in [-0.25, -0.2) is 0 Å². The molecule has 0 saturated heterocycles. The number of benzene rings is 1. The fourth-order valence-electron chi connectivity index (χ4n) is 0.861. The predicted octanol–water partition coefficient (Wildman–Crippen LogP) is 2.57. The average Bonchev–Trinajstić information content (AvgIpc) is 2.15. The topological polar surface area (TPSA) is 29.5 Å². The molecule has 0 aromatic heterocycles. The molecule has 0 unspecified atom stereocenters. The normalized spacial score (nSPS) is 9.87. The van der Waals surface area contributed by atoms with Gasteiger partial charge in [0, 0.05) is 18.6 Å². The van der Waals surface area contributed by atoms with Crippen LogP contribution in [0.1, 0.15) is 0 Å². The van der Waals surface area contributed by atoms with Crippen LogP contribution < -0.4 is 4.74 Å². The number of amides is 1. The highest BCUT2D eigenvalue weighted by molar-refractivity contribution is 9.10. The summed E-state index contributed by atoms with van der Waals surface area (Å²) < 4.78 is 6.14. The van der Waals surface area contributed by atoms with Crippen molar-refractivity contribution in [2.75, 3.05) is 20.7 Å². The zero-order chi connectivity index (χ0) is 11.4. The molecule has 1 amide bonds. The number of likely N-dealkylation sites (N-methyl/N-ethyl adjacent to an activating group) is 1. The number of ether oxygens (including phenoxy) is 1. The van der Waals surface area contributed by atoms with Crippen LogP contribution in [0.25, 0.3) is 0 Å². The molecule has 0 atom stereocenters. The molecule has 0 spiro atoms. The Bertz CT molecular complexity index is 368. The Kier molecular flexibility index (Phi) is 4.42. The smallest absolute Gasteiger partial charge is 0.259 e. The lowest BCUT2D eigenvalue weighted by Crippen LogP contribution is -2.27. The molecule has 0 aliphatic heterocycles. The molecule has 0 heterocycles. The van der Waals surface area contributed by atoms with Gasteiger partial charge in [0.05, 0.1) is 5.02 Å². The standard InChI is InChI=1S/C10H11BrClNO2/c1-13(2)10(14)6-15-9-4-3-7(11)5-8(9)12/h3-5H,6H2,1-2H3. The molecule has 0 aliphatic rings. The molecule has 1 aromatic carbocycles. The van der Waals surface area contributed by atoms with Crippen LogP contribution in [0.5, 0.6) is 5.75 Å². The maximum Gasteiger partial charge on any atom is 0.259 e. The Hall–Kier alpha value is -0.740. The van der Waals surface area contributed by atoms with Crippen molar-refractivity contribution in [1.82, 2.24) is 4.90 Å². The first-order valence-corrected chi connectivity index (χ1v) is 5.46. The Labute approximate surface area is 102 Å². The lowest BCUT2D eigenvalue weighted by molar-refractivity contribution is -0.130. The van der Waals surface area contributed by atoms with Crippen LogP contribution in [0.4, 0.5) is 0 Å². The van der Waals surface area contributed by atoms with Gasteiger partial charge in [-0.2, -0.15) is 0 Å². The third-order valence-corrected chi connectivity index (χ3v) is 2.53. The summed E-state index contributed by atoms with van der Waals surface area (Å²) >= 11 is 9.20. The second-order valence-electron chi connectivity index (χ2n) is 3.15. The van der Waals surface area contributed by atoms with E-state index in [9.17, 15) is 4.79 Å². The van der Waals surface area contributed by atoms with E-state index >= 15 is 0 Å². The van der Waals surface area contributed by atoms with Gasteiger partial charge in [0.15, 0.2) is 6.61 Å². The predicted molar refractivity (Wildman–Crippen MR) is 63.3 cm³/mol. The average molecular weight is 293 g/mol. The first-order valence-electron chi connectivity index (χ1n) is 4.28. The van der Waals surface area contributed by atoms with E-state index in [0.717, 1.165) is 4.47 Å². The molecule has 0 aliphatic carbocycles. The molecule has 0 N–H and O–H groups in total. The van der Waals surface area contributed by atoms with Gasteiger partial charge in [-0.3, -0.25) is 4.79 Å². The lowest BCUT2D eigenvalue weighted by Gasteiger charge is -2.12. The highest BCUT2D eigenvalue weighted by Crippen LogP contribution is 2.27. The van der Waals surface area contributed by atoms with Crippen LogP contribution in [-0.2, 0) is 4.79 Å². The maximum atomic E-state index is 11.2. The van der Waals surface area contributed by atoms with Crippen molar-refractivity contribution >= 4 is 33.4 Å². The fourth-order valence-corrected chi connectivity index (χ4v) is 1.59. The molecular weight excluding hydrogens is 281 g/mol. The molecule has 5 heteroatoms. The summed E-state index contributed by atoms with van der Waals surface area (Å²) in [5.74, 6) is 0.407. The molecule has 1 aromatic rings. The summed E-state index contributed by atoms with van der Waals surface area (Å²) in [7, 11) is 3.35. The van der Waals surface area contributed by atoms with E-state index in [1.165, 1.54) is 4.90 Å². The maximum absolute atomic E-state index is 11.2. The zero-order valence-corrected chi connectivity index (χ0v) is 10.8. The van der Waals surface area contributed by atoms with Crippen molar-refractivity contribution in [2.45, 2.75) is 0 Å². The summed E-state index contributed by atoms with van der Waals surface area (Å²) in [6.45, 7) is -0.00560. The molecule has 82 valence electrons. The van der Waals surface area contributed by atoms with Crippen molar-refractivity contribution in [3.8, 4) is 5.75 Å². The van der Waals surface area contributed by atoms with Crippen LogP contribution >= 0.6 is 27.5 Å². The van der Waals surface area contributed by atoms with Crippen LogP contribution in [0.2, 0.25) is 5.02 Å². The summed E-state index contributed by atoms with van der Waals surface area (Å²) in [5, 5.41) is 0.482. The van der Waals surface area contributed by atoms with Gasteiger partial charge in [0.2, 0.25) is 0 Å². The van der Waals surface area contributed by atoms with E-state index in [2.05, 4.69) is 15.9 Å². The van der Waals surface area contributed by atoms with E-state index < -0.39 is 0 Å². The van der Waals surface area contributed by atoms with Crippen molar-refractivity contribution < 1.29 is 9.53 Å². The Morgan fingerprint density at radius 1 is 1.53 bits per heavy atom. The van der Waals surface area contributed by atoms with Crippen molar-refractivity contribution in [3.05, 3.63) is 27.7 Å². The van der Waals surface area contributed by atoms with Crippen LogP contribution in [0, 0.1) is 0 Å². The zero-order valence-electron chi connectivity index (χ0n) is 8.46. The van der Waals surface area contributed by atoms with Gasteiger partial charge < -0.3 is 9.64 Å². The lowest BCUT2D eigenvalue weighted by atomic mass is 10.3. The van der Waals surface area contributed by atoms with E-state index in [0.29, 0.717) is 10.8 Å². The number of carbonyl (C=O) groups excluding carboxylic acids is 1. The first kappa shape index (κ1) is 12.3. The summed E-state index contributed by atoms with van der Waals surface area (Å²) in [6, 6.07) is 5.24. The SMILES string of the molecule is CN(C)C(=O)COc1ccc(Br)cc1Cl. The number of hydrogen-bond acceptors (Lipinski definition) is 2. The molecule has 1 rings (SSSR count). The minimum atomic E-state index is -0.103. The Morgan fingerprint density at radius 3 is 2.73 bits per heavy atom. The fraction of sp³-hybridized carbons (Fsp3) is 0.300. The van der Waals surface area contributed by atoms with Gasteiger partial charge in [-0.05, 0) is 18.2 Å². The minimum Gasteiger partial charge on any atom is -0.482 e. The van der Waals surface area contributed by atoms with Crippen LogP contribution in [0.3, 0.4) is 0 Å². The molecule has 3 nitrogen and oxygen atoms in total. The number of halogens is 2. The number of carbonyl (C=O) groups is 1. The van der Waals surface area contributed by atoms with E-state index in [1.807, 2.05) is 0 Å². The Morgan fingerprint density at radius 2 is 2.20 bits per heavy atom. The number of nitrogens with zero attached hydrogens (tertiary/aromatic N) is 1. The van der Waals surface area contributed by atoms with E-state index in [-0.39, 0.29) is 12.5 Å². The largest absolute Gasteiger partial charge is 0.482 e. The summed E-state index contributed by atoms with van der Waals surface area (Å²) in [5.41, 5.74) is 0. The molecule has 0 fully saturated rings. The molecule has 0 bridgehead atoms. The molecule has 0 radical (unpaired) electrons. The summed E-state index contributed by atoms with van der Waals surface area (Å²) in [4.78, 5) is 12.7. The second kappa shape index (κ2) is 5.37. The van der Waals surface area contributed by atoms with Gasteiger partial charge in [0.1, 0.15) is 5.75 Å². The van der Waals surface area contributed by atoms with Gasteiger partial charge in [0.25, 0.3) is 5.91 Å². The van der Waals surface area contributed by atoms with Gasteiger partial charge in [-0.1, -0.05) is 27.5 Å². The monoisotopic (exact) mass is 291 g/mol.